The van der Waals surface area contributed by atoms with Gasteiger partial charge in [-0.2, -0.15) is 0 Å². The van der Waals surface area contributed by atoms with Crippen molar-refractivity contribution in [1.82, 2.24) is 0 Å². The fourth-order valence-corrected chi connectivity index (χ4v) is 1.66. The van der Waals surface area contributed by atoms with Crippen LogP contribution in [-0.4, -0.2) is 24.5 Å². The minimum Gasteiger partial charge on any atom is -0.368 e. The van der Waals surface area contributed by atoms with Gasteiger partial charge in [-0.3, -0.25) is 4.79 Å². The van der Waals surface area contributed by atoms with Crippen LogP contribution in [0.15, 0.2) is 30.3 Å². The van der Waals surface area contributed by atoms with Gasteiger partial charge in [0.1, 0.15) is 6.10 Å². The van der Waals surface area contributed by atoms with E-state index in [1.54, 1.807) is 0 Å². The van der Waals surface area contributed by atoms with E-state index in [0.29, 0.717) is 6.61 Å². The van der Waals surface area contributed by atoms with E-state index in [2.05, 4.69) is 31.2 Å². The Balaban J connectivity index is 0.000000303. The highest BCUT2D eigenvalue weighted by molar-refractivity contribution is 5.89. The summed E-state index contributed by atoms with van der Waals surface area (Å²) in [6.07, 6.45) is 1.66. The molecule has 3 nitrogen and oxygen atoms in total. The van der Waals surface area contributed by atoms with Gasteiger partial charge in [0.15, 0.2) is 5.78 Å². The molecule has 2 rings (SSSR count). The van der Waals surface area contributed by atoms with Crippen molar-refractivity contribution in [2.24, 2.45) is 5.73 Å². The quantitative estimate of drug-likeness (QED) is 0.894. The maximum absolute atomic E-state index is 10.9. The lowest BCUT2D eigenvalue weighted by Crippen LogP contribution is -2.31. The molecule has 1 fully saturated rings. The largest absolute Gasteiger partial charge is 0.368 e. The lowest BCUT2D eigenvalue weighted by atomic mass is 10.1. The summed E-state index contributed by atoms with van der Waals surface area (Å²) >= 11 is 0. The van der Waals surface area contributed by atoms with Crippen molar-refractivity contribution >= 4 is 5.78 Å². The molecule has 0 amide bonds. The van der Waals surface area contributed by atoms with Gasteiger partial charge in [0, 0.05) is 0 Å². The van der Waals surface area contributed by atoms with Crippen molar-refractivity contribution in [1.29, 1.82) is 0 Å². The number of ketones is 1. The second-order valence-corrected chi connectivity index (χ2v) is 4.08. The molecule has 0 spiro atoms. The number of hydrogen-bond donors (Lipinski definition) is 1. The van der Waals surface area contributed by atoms with E-state index in [0.717, 1.165) is 12.8 Å². The molecule has 2 N–H and O–H groups in total. The Hall–Kier alpha value is -1.19. The van der Waals surface area contributed by atoms with Crippen LogP contribution in [0.1, 0.15) is 39.7 Å². The fraction of sp³-hybridized carbons (Fsp3) is 0.562. The van der Waals surface area contributed by atoms with Crippen LogP contribution in [0.4, 0.5) is 0 Å². The molecule has 0 radical (unpaired) electrons. The molecule has 108 valence electrons. The van der Waals surface area contributed by atoms with Gasteiger partial charge in [0.2, 0.25) is 0 Å². The number of carbonyl (C=O) groups excluding carboxylic acids is 1. The SMILES string of the molecule is CC.CCC1OCC(N)C1=O.CCc1ccccc1. The summed E-state index contributed by atoms with van der Waals surface area (Å²) in [4.78, 5) is 10.9. The van der Waals surface area contributed by atoms with Gasteiger partial charge < -0.3 is 10.5 Å². The first-order valence-corrected chi connectivity index (χ1v) is 7.13. The first-order valence-electron chi connectivity index (χ1n) is 7.13. The van der Waals surface area contributed by atoms with Gasteiger partial charge in [0.05, 0.1) is 12.6 Å². The van der Waals surface area contributed by atoms with E-state index < -0.39 is 0 Å². The van der Waals surface area contributed by atoms with E-state index in [1.165, 1.54) is 5.56 Å². The van der Waals surface area contributed by atoms with Crippen LogP contribution in [0.5, 0.6) is 0 Å². The van der Waals surface area contributed by atoms with Gasteiger partial charge in [-0.15, -0.1) is 0 Å². The van der Waals surface area contributed by atoms with Gasteiger partial charge in [-0.25, -0.2) is 0 Å². The average Bonchev–Trinajstić information content (AvgIpc) is 2.82. The highest BCUT2D eigenvalue weighted by atomic mass is 16.5. The topological polar surface area (TPSA) is 52.3 Å². The molecule has 0 saturated carbocycles. The van der Waals surface area contributed by atoms with E-state index in [9.17, 15) is 4.79 Å². The Morgan fingerprint density at radius 1 is 1.21 bits per heavy atom. The monoisotopic (exact) mass is 265 g/mol. The van der Waals surface area contributed by atoms with Crippen LogP contribution in [0.3, 0.4) is 0 Å². The summed E-state index contributed by atoms with van der Waals surface area (Å²) in [5.74, 6) is 0.0532. The third-order valence-electron chi connectivity index (χ3n) is 2.78. The minimum absolute atomic E-state index is 0.0532. The van der Waals surface area contributed by atoms with Crippen molar-refractivity contribution in [2.45, 2.75) is 52.7 Å². The lowest BCUT2D eigenvalue weighted by molar-refractivity contribution is -0.123. The van der Waals surface area contributed by atoms with Gasteiger partial charge in [-0.1, -0.05) is 58.0 Å². The first kappa shape index (κ1) is 17.8. The van der Waals surface area contributed by atoms with Crippen LogP contribution in [0.2, 0.25) is 0 Å². The number of benzene rings is 1. The molecule has 1 aromatic rings. The van der Waals surface area contributed by atoms with Crippen LogP contribution >= 0.6 is 0 Å². The number of rotatable bonds is 2. The molecule has 1 heterocycles. The number of nitrogens with two attached hydrogens (primary N) is 1. The zero-order valence-corrected chi connectivity index (χ0v) is 12.6. The molecule has 3 heteroatoms. The lowest BCUT2D eigenvalue weighted by Gasteiger charge is -2.00. The standard InChI is InChI=1S/C8H10.C6H11NO2.C2H6/c1-2-8-6-4-3-5-7-8;1-2-5-6(8)4(7)3-9-5;1-2/h3-7H,2H2,1H3;4-5H,2-3,7H2,1H3;1-2H3. The van der Waals surface area contributed by atoms with E-state index in [-0.39, 0.29) is 17.9 Å². The molecule has 0 aliphatic carbocycles. The summed E-state index contributed by atoms with van der Waals surface area (Å²) in [6.45, 7) is 8.48. The molecule has 19 heavy (non-hydrogen) atoms. The molecule has 1 aromatic carbocycles. The van der Waals surface area contributed by atoms with Gasteiger partial charge in [0.25, 0.3) is 0 Å². The number of ether oxygens (including phenoxy) is 1. The summed E-state index contributed by atoms with van der Waals surface area (Å²) in [6, 6.07) is 10.1. The normalized spacial score (nSPS) is 21.0. The Kier molecular flexibility index (Phi) is 10.0. The van der Waals surface area contributed by atoms with Crippen molar-refractivity contribution < 1.29 is 9.53 Å². The van der Waals surface area contributed by atoms with E-state index in [1.807, 2.05) is 26.8 Å². The predicted molar refractivity (Wildman–Crippen MR) is 80.2 cm³/mol. The van der Waals surface area contributed by atoms with Crippen molar-refractivity contribution in [3.63, 3.8) is 0 Å². The Bertz CT molecular complexity index is 338. The molecule has 1 aliphatic rings. The number of Topliss-reactive ketones (excluding diaryl/α,β-unsaturated/α-hetero) is 1. The highest BCUT2D eigenvalue weighted by Crippen LogP contribution is 2.09. The number of carbonyl (C=O) groups is 1. The van der Waals surface area contributed by atoms with Crippen molar-refractivity contribution in [3.05, 3.63) is 35.9 Å². The van der Waals surface area contributed by atoms with E-state index >= 15 is 0 Å². The van der Waals surface area contributed by atoms with Crippen LogP contribution in [-0.2, 0) is 16.0 Å². The zero-order chi connectivity index (χ0) is 14.7. The van der Waals surface area contributed by atoms with Gasteiger partial charge in [-0.05, 0) is 18.4 Å². The van der Waals surface area contributed by atoms with Crippen molar-refractivity contribution in [2.75, 3.05) is 6.61 Å². The second kappa shape index (κ2) is 10.7. The second-order valence-electron chi connectivity index (χ2n) is 4.08. The Labute approximate surface area is 117 Å². The maximum Gasteiger partial charge on any atom is 0.180 e. The Morgan fingerprint density at radius 3 is 2.05 bits per heavy atom. The fourth-order valence-electron chi connectivity index (χ4n) is 1.66. The summed E-state index contributed by atoms with van der Waals surface area (Å²) in [5, 5.41) is 0. The smallest absolute Gasteiger partial charge is 0.180 e. The van der Waals surface area contributed by atoms with Crippen LogP contribution < -0.4 is 5.73 Å². The van der Waals surface area contributed by atoms with Crippen molar-refractivity contribution in [3.8, 4) is 0 Å². The molecule has 0 aromatic heterocycles. The third-order valence-corrected chi connectivity index (χ3v) is 2.78. The number of aryl methyl sites for hydroxylation is 1. The molecular formula is C16H27NO2. The number of hydrogen-bond acceptors (Lipinski definition) is 3. The average molecular weight is 265 g/mol. The highest BCUT2D eigenvalue weighted by Gasteiger charge is 2.30. The predicted octanol–water partition coefficient (Wildman–Crippen LogP) is 2.97. The zero-order valence-electron chi connectivity index (χ0n) is 12.6. The maximum atomic E-state index is 10.9. The van der Waals surface area contributed by atoms with Crippen LogP contribution in [0.25, 0.3) is 0 Å². The van der Waals surface area contributed by atoms with Crippen LogP contribution in [0, 0.1) is 0 Å². The summed E-state index contributed by atoms with van der Waals surface area (Å²) in [7, 11) is 0. The molecular weight excluding hydrogens is 238 g/mol. The summed E-state index contributed by atoms with van der Waals surface area (Å²) in [5.41, 5.74) is 6.78. The molecule has 2 unspecified atom stereocenters. The molecule has 1 aliphatic heterocycles. The molecule has 0 bridgehead atoms. The molecule has 1 saturated heterocycles. The minimum atomic E-state index is -0.366. The third kappa shape index (κ3) is 6.50. The Morgan fingerprint density at radius 2 is 1.79 bits per heavy atom. The van der Waals surface area contributed by atoms with Gasteiger partial charge >= 0.3 is 0 Å². The molecule has 2 atom stereocenters. The van der Waals surface area contributed by atoms with E-state index in [4.69, 9.17) is 10.5 Å². The summed E-state index contributed by atoms with van der Waals surface area (Å²) < 4.78 is 5.05. The first-order chi connectivity index (χ1) is 9.19.